The molecule has 2 N–H and O–H groups in total. The second kappa shape index (κ2) is 7.36. The van der Waals surface area contributed by atoms with E-state index in [0.29, 0.717) is 11.5 Å². The van der Waals surface area contributed by atoms with Crippen molar-refractivity contribution >= 4 is 11.9 Å². The van der Waals surface area contributed by atoms with Crippen molar-refractivity contribution in [3.8, 4) is 23.0 Å². The van der Waals surface area contributed by atoms with Gasteiger partial charge in [0.1, 0.15) is 23.0 Å². The van der Waals surface area contributed by atoms with E-state index < -0.39 is 11.9 Å². The summed E-state index contributed by atoms with van der Waals surface area (Å²) in [4.78, 5) is 24.2. The zero-order chi connectivity index (χ0) is 17.7. The number of aromatic hydroxyl groups is 1. The van der Waals surface area contributed by atoms with Crippen molar-refractivity contribution in [3.63, 3.8) is 0 Å². The van der Waals surface area contributed by atoms with Crippen LogP contribution in [-0.2, 0) is 0 Å². The van der Waals surface area contributed by atoms with Gasteiger partial charge in [0.05, 0.1) is 25.3 Å². The molecular weight excluding hydrogens is 314 g/mol. The molecule has 0 aliphatic carbocycles. The molecule has 0 unspecified atom stereocenters. The Morgan fingerprint density at radius 2 is 1.54 bits per heavy atom. The van der Waals surface area contributed by atoms with Gasteiger partial charge >= 0.3 is 6.09 Å². The average molecular weight is 331 g/mol. The summed E-state index contributed by atoms with van der Waals surface area (Å²) >= 11 is 0. The summed E-state index contributed by atoms with van der Waals surface area (Å²) in [6.45, 7) is 0. The smallest absolute Gasteiger partial charge is 0.412 e. The maximum absolute atomic E-state index is 12.7. The van der Waals surface area contributed by atoms with Gasteiger partial charge in [-0.2, -0.15) is 0 Å². The highest BCUT2D eigenvalue weighted by Gasteiger charge is 2.20. The minimum absolute atomic E-state index is 0.0221. The van der Waals surface area contributed by atoms with Crippen LogP contribution in [0.25, 0.3) is 0 Å². The van der Waals surface area contributed by atoms with Crippen LogP contribution in [0.5, 0.6) is 23.0 Å². The highest BCUT2D eigenvalue weighted by atomic mass is 16.6. The molecule has 2 aromatic rings. The first kappa shape index (κ1) is 17.1. The number of benzene rings is 2. The first-order valence-electron chi connectivity index (χ1n) is 6.99. The molecule has 0 aliphatic rings. The number of ether oxygens (including phenoxy) is 3. The Hall–Kier alpha value is -3.22. The van der Waals surface area contributed by atoms with Gasteiger partial charge in [-0.1, -0.05) is 0 Å². The highest BCUT2D eigenvalue weighted by Crippen LogP contribution is 2.31. The summed E-state index contributed by atoms with van der Waals surface area (Å²) in [6.07, 6.45) is -0.726. The normalized spacial score (nSPS) is 9.96. The van der Waals surface area contributed by atoms with E-state index in [4.69, 9.17) is 14.2 Å². The molecule has 0 saturated carbocycles. The van der Waals surface area contributed by atoms with Gasteiger partial charge in [-0.25, -0.2) is 4.79 Å². The van der Waals surface area contributed by atoms with Crippen molar-refractivity contribution in [2.75, 3.05) is 21.3 Å². The molecule has 0 spiro atoms. The quantitative estimate of drug-likeness (QED) is 0.817. The Kier molecular flexibility index (Phi) is 5.26. The first-order chi connectivity index (χ1) is 11.5. The highest BCUT2D eigenvalue weighted by molar-refractivity contribution is 6.12. The minimum Gasteiger partial charge on any atom is -0.507 e. The van der Waals surface area contributed by atoms with Crippen molar-refractivity contribution in [1.29, 1.82) is 0 Å². The molecule has 2 aromatic carbocycles. The SMILES string of the molecule is CNC(=O)Oc1cc(OC)ccc1C(=O)c1ccc(OC)cc1O. The van der Waals surface area contributed by atoms with Crippen LogP contribution in [0.3, 0.4) is 0 Å². The summed E-state index contributed by atoms with van der Waals surface area (Å²) in [5.41, 5.74) is 0.169. The third-order valence-corrected chi connectivity index (χ3v) is 3.29. The number of carbonyl (C=O) groups excluding carboxylic acids is 2. The number of amides is 1. The molecule has 2 rings (SSSR count). The first-order valence-corrected chi connectivity index (χ1v) is 6.99. The van der Waals surface area contributed by atoms with Crippen molar-refractivity contribution in [1.82, 2.24) is 5.32 Å². The number of phenols is 1. The van der Waals surface area contributed by atoms with Gasteiger partial charge in [-0.05, 0) is 24.3 Å². The number of nitrogens with one attached hydrogen (secondary N) is 1. The predicted octanol–water partition coefficient (Wildman–Crippen LogP) is 2.36. The molecule has 0 aromatic heterocycles. The fourth-order valence-electron chi connectivity index (χ4n) is 2.03. The Morgan fingerprint density at radius 1 is 0.958 bits per heavy atom. The van der Waals surface area contributed by atoms with Gasteiger partial charge in [0.25, 0.3) is 0 Å². The number of ketones is 1. The molecule has 0 atom stereocenters. The van der Waals surface area contributed by atoms with E-state index >= 15 is 0 Å². The van der Waals surface area contributed by atoms with Crippen LogP contribution in [0.1, 0.15) is 15.9 Å². The molecule has 7 heteroatoms. The molecule has 24 heavy (non-hydrogen) atoms. The summed E-state index contributed by atoms with van der Waals surface area (Å²) < 4.78 is 15.2. The Labute approximate surface area is 138 Å². The number of hydrogen-bond donors (Lipinski definition) is 2. The van der Waals surface area contributed by atoms with E-state index in [2.05, 4.69) is 5.32 Å². The van der Waals surface area contributed by atoms with Gasteiger partial charge in [-0.3, -0.25) is 4.79 Å². The van der Waals surface area contributed by atoms with Crippen molar-refractivity contribution in [3.05, 3.63) is 47.5 Å². The zero-order valence-electron chi connectivity index (χ0n) is 13.5. The largest absolute Gasteiger partial charge is 0.507 e. The maximum Gasteiger partial charge on any atom is 0.412 e. The topological polar surface area (TPSA) is 94.1 Å². The Bertz CT molecular complexity index is 772. The number of carbonyl (C=O) groups is 2. The lowest BCUT2D eigenvalue weighted by molar-refractivity contribution is 0.103. The van der Waals surface area contributed by atoms with E-state index in [1.807, 2.05) is 0 Å². The summed E-state index contributed by atoms with van der Waals surface area (Å²) in [5.74, 6) is 0.122. The molecular formula is C17H17NO6. The van der Waals surface area contributed by atoms with Crippen LogP contribution >= 0.6 is 0 Å². The van der Waals surface area contributed by atoms with Crippen LogP contribution in [0.4, 0.5) is 4.79 Å². The van der Waals surface area contributed by atoms with Gasteiger partial charge in [0.2, 0.25) is 5.78 Å². The van der Waals surface area contributed by atoms with E-state index in [0.717, 1.165) is 0 Å². The van der Waals surface area contributed by atoms with Gasteiger partial charge in [-0.15, -0.1) is 0 Å². The monoisotopic (exact) mass is 331 g/mol. The summed E-state index contributed by atoms with van der Waals surface area (Å²) in [6, 6.07) is 8.76. The van der Waals surface area contributed by atoms with E-state index in [-0.39, 0.29) is 22.6 Å². The molecule has 0 fully saturated rings. The van der Waals surface area contributed by atoms with Gasteiger partial charge in [0.15, 0.2) is 0 Å². The average Bonchev–Trinajstić information content (AvgIpc) is 2.60. The fraction of sp³-hybridized carbons (Fsp3) is 0.176. The Balaban J connectivity index is 2.46. The molecule has 126 valence electrons. The predicted molar refractivity (Wildman–Crippen MR) is 86.2 cm³/mol. The molecule has 1 amide bonds. The van der Waals surface area contributed by atoms with Gasteiger partial charge < -0.3 is 24.6 Å². The molecule has 0 heterocycles. The van der Waals surface area contributed by atoms with Crippen LogP contribution in [0, 0.1) is 0 Å². The zero-order valence-corrected chi connectivity index (χ0v) is 13.5. The lowest BCUT2D eigenvalue weighted by Gasteiger charge is -2.12. The standard InChI is InChI=1S/C17H17NO6/c1-18-17(21)24-15-9-11(23-3)5-7-13(15)16(20)12-6-4-10(22-2)8-14(12)19/h4-9,19H,1-3H3,(H,18,21). The van der Waals surface area contributed by atoms with Crippen molar-refractivity contribution in [2.45, 2.75) is 0 Å². The van der Waals surface area contributed by atoms with Crippen LogP contribution in [-0.4, -0.2) is 38.3 Å². The lowest BCUT2D eigenvalue weighted by Crippen LogP contribution is -2.23. The number of methoxy groups -OCH3 is 2. The summed E-state index contributed by atoms with van der Waals surface area (Å²) in [5, 5.41) is 12.3. The van der Waals surface area contributed by atoms with Crippen LogP contribution in [0.15, 0.2) is 36.4 Å². The molecule has 0 aliphatic heterocycles. The lowest BCUT2D eigenvalue weighted by atomic mass is 10.0. The minimum atomic E-state index is -0.726. The number of rotatable bonds is 5. The summed E-state index contributed by atoms with van der Waals surface area (Å²) in [7, 11) is 4.31. The van der Waals surface area contributed by atoms with Crippen LogP contribution in [0.2, 0.25) is 0 Å². The van der Waals surface area contributed by atoms with Gasteiger partial charge in [0, 0.05) is 19.2 Å². The second-order valence-electron chi connectivity index (χ2n) is 4.71. The van der Waals surface area contributed by atoms with Crippen molar-refractivity contribution < 1.29 is 28.9 Å². The fourth-order valence-corrected chi connectivity index (χ4v) is 2.03. The number of phenolic OH excluding ortho intramolecular Hbond substituents is 1. The Morgan fingerprint density at radius 3 is 2.08 bits per heavy atom. The number of hydrogen-bond acceptors (Lipinski definition) is 6. The van der Waals surface area contributed by atoms with Crippen molar-refractivity contribution in [2.24, 2.45) is 0 Å². The van der Waals surface area contributed by atoms with E-state index in [1.54, 1.807) is 12.1 Å². The van der Waals surface area contributed by atoms with E-state index in [1.165, 1.54) is 45.5 Å². The van der Waals surface area contributed by atoms with Crippen LogP contribution < -0.4 is 19.5 Å². The molecule has 7 nitrogen and oxygen atoms in total. The third kappa shape index (κ3) is 3.57. The molecule has 0 saturated heterocycles. The molecule has 0 radical (unpaired) electrons. The second-order valence-corrected chi connectivity index (χ2v) is 4.71. The molecule has 0 bridgehead atoms. The maximum atomic E-state index is 12.7. The third-order valence-electron chi connectivity index (χ3n) is 3.29. The van der Waals surface area contributed by atoms with E-state index in [9.17, 15) is 14.7 Å².